The molecule has 1 aliphatic rings. The summed E-state index contributed by atoms with van der Waals surface area (Å²) in [4.78, 5) is 31.1. The van der Waals surface area contributed by atoms with Crippen LogP contribution in [0.25, 0.3) is 0 Å². The van der Waals surface area contributed by atoms with Crippen LogP contribution >= 0.6 is 0 Å². The van der Waals surface area contributed by atoms with Crippen LogP contribution in [0, 0.1) is 0 Å². The summed E-state index contributed by atoms with van der Waals surface area (Å²) in [7, 11) is 0. The van der Waals surface area contributed by atoms with Gasteiger partial charge >= 0.3 is 0 Å². The van der Waals surface area contributed by atoms with Gasteiger partial charge in [0.05, 0.1) is 12.2 Å². The Morgan fingerprint density at radius 3 is 2.44 bits per heavy atom. The van der Waals surface area contributed by atoms with Crippen molar-refractivity contribution in [3.05, 3.63) is 95.3 Å². The van der Waals surface area contributed by atoms with Crippen LogP contribution in [0.4, 0.5) is 5.69 Å². The van der Waals surface area contributed by atoms with E-state index in [9.17, 15) is 9.59 Å². The molecule has 5 heteroatoms. The van der Waals surface area contributed by atoms with Crippen LogP contribution in [0.15, 0.2) is 72.9 Å². The van der Waals surface area contributed by atoms with Gasteiger partial charge in [-0.05, 0) is 54.4 Å². The lowest BCUT2D eigenvalue weighted by atomic mass is 10.1. The molecule has 0 spiro atoms. The van der Waals surface area contributed by atoms with Gasteiger partial charge in [-0.25, -0.2) is 0 Å². The molecule has 2 heterocycles. The number of hydrogen-bond donors (Lipinski definition) is 1. The van der Waals surface area contributed by atoms with Crippen molar-refractivity contribution in [3.8, 4) is 0 Å². The van der Waals surface area contributed by atoms with Gasteiger partial charge in [0.25, 0.3) is 11.8 Å². The second-order valence-corrected chi connectivity index (χ2v) is 6.42. The van der Waals surface area contributed by atoms with E-state index >= 15 is 0 Å². The smallest absolute Gasteiger partial charge is 0.258 e. The number of hydrogen-bond acceptors (Lipinski definition) is 3. The quantitative estimate of drug-likeness (QED) is 0.780. The van der Waals surface area contributed by atoms with Gasteiger partial charge in [-0.1, -0.05) is 24.3 Å². The van der Waals surface area contributed by atoms with Gasteiger partial charge in [-0.3, -0.25) is 14.6 Å². The lowest BCUT2D eigenvalue weighted by molar-refractivity contribution is 0.0947. The number of fused-ring (bicyclic) bond motifs is 1. The molecule has 1 N–H and O–H groups in total. The van der Waals surface area contributed by atoms with Crippen LogP contribution in [-0.2, 0) is 13.0 Å². The Bertz CT molecular complexity index is 968. The van der Waals surface area contributed by atoms with Crippen LogP contribution < -0.4 is 10.2 Å². The lowest BCUT2D eigenvalue weighted by Gasteiger charge is -2.17. The molecule has 0 aliphatic carbocycles. The third-order valence-electron chi connectivity index (χ3n) is 4.68. The first-order chi connectivity index (χ1) is 13.2. The Morgan fingerprint density at radius 1 is 0.926 bits per heavy atom. The van der Waals surface area contributed by atoms with E-state index in [1.807, 2.05) is 36.4 Å². The second-order valence-electron chi connectivity index (χ2n) is 6.42. The van der Waals surface area contributed by atoms with Crippen LogP contribution in [0.3, 0.4) is 0 Å². The molecular formula is C22H19N3O2. The van der Waals surface area contributed by atoms with Crippen molar-refractivity contribution < 1.29 is 9.59 Å². The van der Waals surface area contributed by atoms with E-state index in [4.69, 9.17) is 0 Å². The van der Waals surface area contributed by atoms with Crippen molar-refractivity contribution in [2.45, 2.75) is 13.0 Å². The molecule has 0 atom stereocenters. The third-order valence-corrected chi connectivity index (χ3v) is 4.68. The van der Waals surface area contributed by atoms with E-state index in [1.54, 1.807) is 35.4 Å². The number of pyridine rings is 1. The summed E-state index contributed by atoms with van der Waals surface area (Å²) < 4.78 is 0. The Labute approximate surface area is 157 Å². The fourth-order valence-electron chi connectivity index (χ4n) is 3.24. The number of nitrogens with one attached hydrogen (secondary N) is 1. The predicted molar refractivity (Wildman–Crippen MR) is 104 cm³/mol. The maximum atomic E-state index is 12.8. The fourth-order valence-corrected chi connectivity index (χ4v) is 3.24. The second kappa shape index (κ2) is 7.41. The van der Waals surface area contributed by atoms with E-state index in [0.717, 1.165) is 17.8 Å². The standard InChI is InChI=1S/C22H19N3O2/c26-21(24-15-19-6-3-4-13-23-19)17-8-10-18(11-9-17)22(27)25-14-12-16-5-1-2-7-20(16)25/h1-11,13H,12,14-15H2,(H,24,26). The van der Waals surface area contributed by atoms with E-state index in [2.05, 4.69) is 16.4 Å². The number of nitrogens with zero attached hydrogens (tertiary/aromatic N) is 2. The third kappa shape index (κ3) is 3.58. The van der Waals surface area contributed by atoms with Gasteiger partial charge in [0.1, 0.15) is 0 Å². The SMILES string of the molecule is O=C(NCc1ccccn1)c1ccc(C(=O)N2CCc3ccccc32)cc1. The average molecular weight is 357 g/mol. The van der Waals surface area contributed by atoms with E-state index < -0.39 is 0 Å². The zero-order chi connectivity index (χ0) is 18.6. The largest absolute Gasteiger partial charge is 0.346 e. The van der Waals surface area contributed by atoms with Crippen molar-refractivity contribution in [3.63, 3.8) is 0 Å². The zero-order valence-electron chi connectivity index (χ0n) is 14.8. The minimum absolute atomic E-state index is 0.0413. The molecular weight excluding hydrogens is 338 g/mol. The molecule has 0 radical (unpaired) electrons. The zero-order valence-corrected chi connectivity index (χ0v) is 14.8. The summed E-state index contributed by atoms with van der Waals surface area (Å²) in [5.74, 6) is -0.230. The summed E-state index contributed by atoms with van der Waals surface area (Å²) in [6.45, 7) is 1.05. The van der Waals surface area contributed by atoms with Crippen molar-refractivity contribution >= 4 is 17.5 Å². The highest BCUT2D eigenvalue weighted by Crippen LogP contribution is 2.28. The number of anilines is 1. The highest BCUT2D eigenvalue weighted by Gasteiger charge is 2.25. The summed E-state index contributed by atoms with van der Waals surface area (Å²) in [6, 6.07) is 20.3. The Morgan fingerprint density at radius 2 is 1.67 bits per heavy atom. The highest BCUT2D eigenvalue weighted by molar-refractivity contribution is 6.07. The number of benzene rings is 2. The lowest BCUT2D eigenvalue weighted by Crippen LogP contribution is -2.29. The minimum Gasteiger partial charge on any atom is -0.346 e. The molecule has 1 aliphatic heterocycles. The van der Waals surface area contributed by atoms with Gasteiger partial charge in [0.2, 0.25) is 0 Å². The van der Waals surface area contributed by atoms with Crippen LogP contribution in [0.1, 0.15) is 32.0 Å². The molecule has 2 aromatic carbocycles. The van der Waals surface area contributed by atoms with Crippen molar-refractivity contribution in [2.75, 3.05) is 11.4 Å². The van der Waals surface area contributed by atoms with E-state index in [-0.39, 0.29) is 11.8 Å². The normalized spacial score (nSPS) is 12.5. The number of amides is 2. The molecule has 0 saturated carbocycles. The van der Waals surface area contributed by atoms with Crippen molar-refractivity contribution in [1.29, 1.82) is 0 Å². The van der Waals surface area contributed by atoms with Gasteiger partial charge < -0.3 is 10.2 Å². The topological polar surface area (TPSA) is 62.3 Å². The summed E-state index contributed by atoms with van der Waals surface area (Å²) in [6.07, 6.45) is 2.56. The van der Waals surface area contributed by atoms with Crippen molar-refractivity contribution in [1.82, 2.24) is 10.3 Å². The Hall–Kier alpha value is -3.47. The number of carbonyl (C=O) groups excluding carboxylic acids is 2. The number of carbonyl (C=O) groups is 2. The molecule has 134 valence electrons. The first-order valence-corrected chi connectivity index (χ1v) is 8.90. The van der Waals surface area contributed by atoms with Crippen molar-refractivity contribution in [2.24, 2.45) is 0 Å². The minimum atomic E-state index is -0.189. The summed E-state index contributed by atoms with van der Waals surface area (Å²) in [5, 5.41) is 2.84. The first-order valence-electron chi connectivity index (χ1n) is 8.90. The maximum absolute atomic E-state index is 12.8. The van der Waals surface area contributed by atoms with Gasteiger partial charge in [-0.2, -0.15) is 0 Å². The molecule has 5 nitrogen and oxygen atoms in total. The Balaban J connectivity index is 1.43. The van der Waals surface area contributed by atoms with Gasteiger partial charge in [-0.15, -0.1) is 0 Å². The Kier molecular flexibility index (Phi) is 4.66. The van der Waals surface area contributed by atoms with Crippen LogP contribution in [-0.4, -0.2) is 23.3 Å². The molecule has 2 amide bonds. The summed E-state index contributed by atoms with van der Waals surface area (Å²) >= 11 is 0. The first kappa shape index (κ1) is 17.0. The fraction of sp³-hybridized carbons (Fsp3) is 0.136. The number of rotatable bonds is 4. The molecule has 0 saturated heterocycles. The van der Waals surface area contributed by atoms with Gasteiger partial charge in [0.15, 0.2) is 0 Å². The molecule has 0 bridgehead atoms. The molecule has 27 heavy (non-hydrogen) atoms. The van der Waals surface area contributed by atoms with Crippen LogP contribution in [0.2, 0.25) is 0 Å². The van der Waals surface area contributed by atoms with Gasteiger partial charge in [0, 0.05) is 29.6 Å². The van der Waals surface area contributed by atoms with E-state index in [0.29, 0.717) is 24.2 Å². The van der Waals surface area contributed by atoms with E-state index in [1.165, 1.54) is 5.56 Å². The molecule has 4 rings (SSSR count). The number of para-hydroxylation sites is 1. The average Bonchev–Trinajstić information content (AvgIpc) is 3.16. The molecule has 0 unspecified atom stereocenters. The van der Waals surface area contributed by atoms with Crippen LogP contribution in [0.5, 0.6) is 0 Å². The monoisotopic (exact) mass is 357 g/mol. The summed E-state index contributed by atoms with van der Waals surface area (Å²) in [5.41, 5.74) is 4.05. The molecule has 3 aromatic rings. The highest BCUT2D eigenvalue weighted by atomic mass is 16.2. The maximum Gasteiger partial charge on any atom is 0.258 e. The molecule has 0 fully saturated rings. The number of aromatic nitrogens is 1. The molecule has 1 aromatic heterocycles. The predicted octanol–water partition coefficient (Wildman–Crippen LogP) is 3.21.